The van der Waals surface area contributed by atoms with Crippen molar-refractivity contribution in [3.63, 3.8) is 0 Å². The van der Waals surface area contributed by atoms with Gasteiger partial charge >= 0.3 is 0 Å². The van der Waals surface area contributed by atoms with E-state index in [1.165, 1.54) is 0 Å². The van der Waals surface area contributed by atoms with E-state index < -0.39 is 6.04 Å². The van der Waals surface area contributed by atoms with Gasteiger partial charge in [0.05, 0.1) is 12.6 Å². The molecule has 1 atom stereocenters. The van der Waals surface area contributed by atoms with E-state index in [2.05, 4.69) is 10.2 Å². The van der Waals surface area contributed by atoms with Gasteiger partial charge in [0.1, 0.15) is 0 Å². The maximum atomic E-state index is 12.6. The molecule has 2 heterocycles. The Morgan fingerprint density at radius 1 is 1.07 bits per heavy atom. The van der Waals surface area contributed by atoms with Gasteiger partial charge in [0.2, 0.25) is 11.8 Å². The zero-order valence-electron chi connectivity index (χ0n) is 15.9. The van der Waals surface area contributed by atoms with Gasteiger partial charge in [0, 0.05) is 45.1 Å². The van der Waals surface area contributed by atoms with E-state index >= 15 is 0 Å². The second-order valence-corrected chi connectivity index (χ2v) is 6.99. The summed E-state index contributed by atoms with van der Waals surface area (Å²) in [6.07, 6.45) is 1.71. The van der Waals surface area contributed by atoms with Gasteiger partial charge in [-0.25, -0.2) is 0 Å². The molecule has 1 aromatic carbocycles. The summed E-state index contributed by atoms with van der Waals surface area (Å²) in [6.45, 7) is 4.33. The summed E-state index contributed by atoms with van der Waals surface area (Å²) in [4.78, 5) is 28.7. The van der Waals surface area contributed by atoms with Crippen molar-refractivity contribution in [3.05, 3.63) is 30.3 Å². The normalized spacial score (nSPS) is 19.1. The summed E-state index contributed by atoms with van der Waals surface area (Å²) in [6, 6.07) is 8.99. The molecule has 0 spiro atoms. The zero-order valence-corrected chi connectivity index (χ0v) is 17.6. The van der Waals surface area contributed by atoms with Crippen molar-refractivity contribution < 1.29 is 14.3 Å². The molecule has 0 aliphatic carbocycles. The third kappa shape index (κ3) is 6.90. The Hall–Kier alpha value is -1.38. The molecule has 9 heteroatoms. The van der Waals surface area contributed by atoms with Crippen molar-refractivity contribution in [2.24, 2.45) is 11.7 Å². The number of nitrogens with two attached hydrogens (primary N) is 1. The molecular weight excluding hydrogens is 403 g/mol. The molecular formula is C19H30Cl2N4O3. The third-order valence-corrected chi connectivity index (χ3v) is 5.17. The van der Waals surface area contributed by atoms with Crippen LogP contribution in [0.4, 0.5) is 5.69 Å². The van der Waals surface area contributed by atoms with Crippen LogP contribution in [0.15, 0.2) is 30.3 Å². The lowest BCUT2D eigenvalue weighted by Crippen LogP contribution is -2.56. The second kappa shape index (κ2) is 12.2. The number of ether oxygens (including phenoxy) is 1. The number of carbonyl (C=O) groups is 2. The fourth-order valence-corrected chi connectivity index (χ4v) is 3.54. The fourth-order valence-electron chi connectivity index (χ4n) is 3.54. The van der Waals surface area contributed by atoms with E-state index in [1.807, 2.05) is 35.2 Å². The predicted octanol–water partition coefficient (Wildman–Crippen LogP) is 1.37. The Morgan fingerprint density at radius 3 is 2.29 bits per heavy atom. The molecule has 1 aromatic rings. The van der Waals surface area contributed by atoms with Crippen LogP contribution in [0.2, 0.25) is 0 Å². The highest BCUT2D eigenvalue weighted by atomic mass is 35.5. The molecule has 2 saturated heterocycles. The van der Waals surface area contributed by atoms with Crippen LogP contribution in [-0.4, -0.2) is 73.6 Å². The molecule has 7 nitrogen and oxygen atoms in total. The average molecular weight is 433 g/mol. The summed E-state index contributed by atoms with van der Waals surface area (Å²) in [7, 11) is 0. The minimum Gasteiger partial charge on any atom is -0.381 e. The average Bonchev–Trinajstić information content (AvgIpc) is 2.69. The summed E-state index contributed by atoms with van der Waals surface area (Å²) >= 11 is 0. The number of para-hydroxylation sites is 1. The number of piperazine rings is 1. The zero-order chi connectivity index (χ0) is 18.4. The van der Waals surface area contributed by atoms with Crippen LogP contribution < -0.4 is 11.1 Å². The predicted molar refractivity (Wildman–Crippen MR) is 114 cm³/mol. The van der Waals surface area contributed by atoms with Crippen LogP contribution in [0.1, 0.15) is 12.8 Å². The summed E-state index contributed by atoms with van der Waals surface area (Å²) < 4.78 is 5.34. The Bertz CT molecular complexity index is 606. The second-order valence-electron chi connectivity index (χ2n) is 6.99. The molecule has 158 valence electrons. The van der Waals surface area contributed by atoms with Gasteiger partial charge in [0.25, 0.3) is 0 Å². The Balaban J connectivity index is 0.00000196. The number of nitrogens with one attached hydrogen (secondary N) is 1. The van der Waals surface area contributed by atoms with E-state index in [1.54, 1.807) is 0 Å². The van der Waals surface area contributed by atoms with Gasteiger partial charge in [-0.3, -0.25) is 14.5 Å². The number of nitrogens with zero attached hydrogens (tertiary/aromatic N) is 2. The minimum atomic E-state index is -0.438. The first kappa shape index (κ1) is 24.7. The topological polar surface area (TPSA) is 87.9 Å². The van der Waals surface area contributed by atoms with Gasteiger partial charge in [-0.05, 0) is 30.9 Å². The van der Waals surface area contributed by atoms with E-state index in [-0.39, 0.29) is 42.5 Å². The van der Waals surface area contributed by atoms with Crippen LogP contribution >= 0.6 is 24.8 Å². The lowest BCUT2D eigenvalue weighted by atomic mass is 9.91. The first-order valence-electron chi connectivity index (χ1n) is 9.33. The number of hydrogen-bond donors (Lipinski definition) is 2. The fraction of sp³-hybridized carbons (Fsp3) is 0.579. The van der Waals surface area contributed by atoms with E-state index in [9.17, 15) is 9.59 Å². The highest BCUT2D eigenvalue weighted by Crippen LogP contribution is 2.19. The van der Waals surface area contributed by atoms with Gasteiger partial charge in [-0.15, -0.1) is 24.8 Å². The van der Waals surface area contributed by atoms with Gasteiger partial charge in [-0.1, -0.05) is 18.2 Å². The number of hydrogen-bond acceptors (Lipinski definition) is 5. The molecule has 2 amide bonds. The number of rotatable bonds is 5. The van der Waals surface area contributed by atoms with Crippen molar-refractivity contribution >= 4 is 42.3 Å². The van der Waals surface area contributed by atoms with Crippen LogP contribution in [0.3, 0.4) is 0 Å². The quantitative estimate of drug-likeness (QED) is 0.733. The standard InChI is InChI=1S/C19H28N4O3.2ClH/c20-18(15-6-12-26-13-7-15)19(25)23-10-8-22(9-11-23)14-17(24)21-16-4-2-1-3-5-16;;/h1-5,15,18H,6-14,20H2,(H,21,24);2*1H. The lowest BCUT2D eigenvalue weighted by molar-refractivity contribution is -0.136. The molecule has 0 radical (unpaired) electrons. The molecule has 2 fully saturated rings. The van der Waals surface area contributed by atoms with Gasteiger partial charge in [-0.2, -0.15) is 0 Å². The summed E-state index contributed by atoms with van der Waals surface area (Å²) in [5.41, 5.74) is 7.00. The molecule has 2 aliphatic rings. The molecule has 0 saturated carbocycles. The van der Waals surface area contributed by atoms with Crippen molar-refractivity contribution in [2.75, 3.05) is 51.3 Å². The first-order chi connectivity index (χ1) is 12.6. The van der Waals surface area contributed by atoms with Crippen LogP contribution in [0, 0.1) is 5.92 Å². The Labute approximate surface area is 178 Å². The maximum absolute atomic E-state index is 12.6. The van der Waals surface area contributed by atoms with E-state index in [0.717, 1.165) is 18.5 Å². The molecule has 0 aromatic heterocycles. The smallest absolute Gasteiger partial charge is 0.239 e. The number of amides is 2. The summed E-state index contributed by atoms with van der Waals surface area (Å²) in [5.74, 6) is 0.214. The Morgan fingerprint density at radius 2 is 1.68 bits per heavy atom. The highest BCUT2D eigenvalue weighted by Gasteiger charge is 2.31. The SMILES string of the molecule is Cl.Cl.NC(C(=O)N1CCN(CC(=O)Nc2ccccc2)CC1)C1CCOCC1. The van der Waals surface area contributed by atoms with Crippen LogP contribution in [0.25, 0.3) is 0 Å². The monoisotopic (exact) mass is 432 g/mol. The summed E-state index contributed by atoms with van der Waals surface area (Å²) in [5, 5.41) is 2.89. The third-order valence-electron chi connectivity index (χ3n) is 5.17. The molecule has 3 rings (SSSR count). The number of benzene rings is 1. The van der Waals surface area contributed by atoms with E-state index in [4.69, 9.17) is 10.5 Å². The van der Waals surface area contributed by atoms with Crippen molar-refractivity contribution in [2.45, 2.75) is 18.9 Å². The van der Waals surface area contributed by atoms with Gasteiger partial charge < -0.3 is 20.7 Å². The number of halogens is 2. The van der Waals surface area contributed by atoms with Crippen molar-refractivity contribution in [3.8, 4) is 0 Å². The highest BCUT2D eigenvalue weighted by molar-refractivity contribution is 5.92. The largest absolute Gasteiger partial charge is 0.381 e. The van der Waals surface area contributed by atoms with Crippen molar-refractivity contribution in [1.29, 1.82) is 0 Å². The first-order valence-corrected chi connectivity index (χ1v) is 9.33. The maximum Gasteiger partial charge on any atom is 0.239 e. The minimum absolute atomic E-state index is 0. The molecule has 2 aliphatic heterocycles. The van der Waals surface area contributed by atoms with Crippen LogP contribution in [0.5, 0.6) is 0 Å². The molecule has 0 bridgehead atoms. The Kier molecular flexibility index (Phi) is 10.8. The molecule has 3 N–H and O–H groups in total. The van der Waals surface area contributed by atoms with Gasteiger partial charge in [0.15, 0.2) is 0 Å². The number of anilines is 1. The molecule has 28 heavy (non-hydrogen) atoms. The van der Waals surface area contributed by atoms with E-state index in [0.29, 0.717) is 45.9 Å². The number of carbonyl (C=O) groups excluding carboxylic acids is 2. The van der Waals surface area contributed by atoms with Crippen molar-refractivity contribution in [1.82, 2.24) is 9.80 Å². The lowest BCUT2D eigenvalue weighted by Gasteiger charge is -2.37. The molecule has 1 unspecified atom stereocenters. The van der Waals surface area contributed by atoms with Crippen LogP contribution in [-0.2, 0) is 14.3 Å².